The average Bonchev–Trinajstić information content (AvgIpc) is 2.88. The lowest BCUT2D eigenvalue weighted by molar-refractivity contribution is 0.202. The van der Waals surface area contributed by atoms with Crippen molar-refractivity contribution in [2.45, 2.75) is 56.5 Å². The Morgan fingerprint density at radius 2 is 2.08 bits per heavy atom. The summed E-state index contributed by atoms with van der Waals surface area (Å²) < 4.78 is 0. The summed E-state index contributed by atoms with van der Waals surface area (Å²) in [7, 11) is 2.06. The second kappa shape index (κ2) is 3.58. The van der Waals surface area contributed by atoms with Crippen LogP contribution in [-0.2, 0) is 0 Å². The van der Waals surface area contributed by atoms with Gasteiger partial charge in [-0.2, -0.15) is 0 Å². The van der Waals surface area contributed by atoms with Crippen LogP contribution in [-0.4, -0.2) is 18.6 Å². The molecule has 76 valence electrons. The van der Waals surface area contributed by atoms with Crippen LogP contribution in [0.4, 0.5) is 0 Å². The second-order valence-corrected chi connectivity index (χ2v) is 4.97. The molecule has 0 amide bonds. The monoisotopic (exact) mass is 182 g/mol. The third kappa shape index (κ3) is 2.05. The van der Waals surface area contributed by atoms with Gasteiger partial charge in [-0.15, -0.1) is 0 Å². The van der Waals surface area contributed by atoms with Crippen LogP contribution in [0.25, 0.3) is 0 Å². The average molecular weight is 182 g/mol. The fraction of sp³-hybridized carbons (Fsp3) is 1.00. The number of hydrogen-bond acceptors (Lipinski definition) is 2. The molecule has 3 N–H and O–H groups in total. The van der Waals surface area contributed by atoms with Crippen molar-refractivity contribution in [2.24, 2.45) is 11.7 Å². The lowest BCUT2D eigenvalue weighted by Gasteiger charge is -2.41. The summed E-state index contributed by atoms with van der Waals surface area (Å²) in [6.07, 6.45) is 9.31. The third-order valence-electron chi connectivity index (χ3n) is 3.79. The Morgan fingerprint density at radius 3 is 2.69 bits per heavy atom. The number of rotatable bonds is 3. The topological polar surface area (TPSA) is 38.0 Å². The van der Waals surface area contributed by atoms with Crippen molar-refractivity contribution in [1.82, 2.24) is 5.32 Å². The summed E-state index contributed by atoms with van der Waals surface area (Å²) >= 11 is 0. The van der Waals surface area contributed by atoms with Crippen LogP contribution in [0.3, 0.4) is 0 Å². The largest absolute Gasteiger partial charge is 0.324 e. The van der Waals surface area contributed by atoms with E-state index in [4.69, 9.17) is 5.73 Å². The molecule has 2 unspecified atom stereocenters. The van der Waals surface area contributed by atoms with Gasteiger partial charge in [0.25, 0.3) is 0 Å². The van der Waals surface area contributed by atoms with E-state index in [2.05, 4.69) is 12.4 Å². The van der Waals surface area contributed by atoms with E-state index in [1.165, 1.54) is 44.9 Å². The molecule has 2 rings (SSSR count). The number of nitrogens with one attached hydrogen (secondary N) is 1. The van der Waals surface area contributed by atoms with E-state index in [9.17, 15) is 0 Å². The van der Waals surface area contributed by atoms with E-state index in [-0.39, 0.29) is 5.54 Å². The van der Waals surface area contributed by atoms with Gasteiger partial charge in [0.1, 0.15) is 0 Å². The van der Waals surface area contributed by atoms with Crippen LogP contribution in [0.15, 0.2) is 0 Å². The van der Waals surface area contributed by atoms with Crippen LogP contribution in [0.5, 0.6) is 0 Å². The summed E-state index contributed by atoms with van der Waals surface area (Å²) in [5, 5.41) is 3.40. The lowest BCUT2D eigenvalue weighted by Crippen LogP contribution is -2.58. The molecule has 2 heteroatoms. The highest BCUT2D eigenvalue weighted by atomic mass is 15.0. The molecule has 2 atom stereocenters. The molecule has 0 aromatic rings. The first-order chi connectivity index (χ1) is 6.24. The molecule has 13 heavy (non-hydrogen) atoms. The summed E-state index contributed by atoms with van der Waals surface area (Å²) in [5.41, 5.74) is 6.61. The van der Waals surface area contributed by atoms with E-state index >= 15 is 0 Å². The highest BCUT2D eigenvalue weighted by Crippen LogP contribution is 2.41. The SMILES string of the molecule is CNC1CCCCC1(N)CC1CC1. The normalized spacial score (nSPS) is 40.6. The molecule has 0 spiro atoms. The fourth-order valence-electron chi connectivity index (χ4n) is 2.80. The maximum atomic E-state index is 6.49. The zero-order valence-corrected chi connectivity index (χ0v) is 8.68. The van der Waals surface area contributed by atoms with Gasteiger partial charge in [-0.05, 0) is 32.2 Å². The van der Waals surface area contributed by atoms with E-state index in [0.29, 0.717) is 6.04 Å². The zero-order valence-electron chi connectivity index (χ0n) is 8.68. The molecule has 2 aliphatic carbocycles. The van der Waals surface area contributed by atoms with Crippen LogP contribution in [0, 0.1) is 5.92 Å². The van der Waals surface area contributed by atoms with Gasteiger partial charge in [-0.1, -0.05) is 25.7 Å². The summed E-state index contributed by atoms with van der Waals surface area (Å²) in [4.78, 5) is 0. The smallest absolute Gasteiger partial charge is 0.0312 e. The van der Waals surface area contributed by atoms with Gasteiger partial charge < -0.3 is 11.1 Å². The minimum absolute atomic E-state index is 0.119. The third-order valence-corrected chi connectivity index (χ3v) is 3.79. The Morgan fingerprint density at radius 1 is 1.31 bits per heavy atom. The number of nitrogens with two attached hydrogens (primary N) is 1. The summed E-state index contributed by atoms with van der Waals surface area (Å²) in [6, 6.07) is 0.571. The molecule has 0 saturated heterocycles. The standard InChI is InChI=1S/C11H22N2/c1-13-10-4-2-3-7-11(10,12)8-9-5-6-9/h9-10,13H,2-8,12H2,1H3. The van der Waals surface area contributed by atoms with Crippen LogP contribution in [0.2, 0.25) is 0 Å². The van der Waals surface area contributed by atoms with Gasteiger partial charge in [0.15, 0.2) is 0 Å². The van der Waals surface area contributed by atoms with Crippen molar-refractivity contribution in [3.8, 4) is 0 Å². The van der Waals surface area contributed by atoms with Crippen molar-refractivity contribution in [3.05, 3.63) is 0 Å². The molecule has 2 saturated carbocycles. The van der Waals surface area contributed by atoms with Crippen molar-refractivity contribution in [2.75, 3.05) is 7.05 Å². The maximum Gasteiger partial charge on any atom is 0.0312 e. The van der Waals surface area contributed by atoms with E-state index in [0.717, 1.165) is 5.92 Å². The Balaban J connectivity index is 1.96. The van der Waals surface area contributed by atoms with Crippen molar-refractivity contribution < 1.29 is 0 Å². The van der Waals surface area contributed by atoms with Gasteiger partial charge >= 0.3 is 0 Å². The Hall–Kier alpha value is -0.0800. The molecule has 2 aliphatic rings. The molecular formula is C11H22N2. The lowest BCUT2D eigenvalue weighted by atomic mass is 9.75. The fourth-order valence-corrected chi connectivity index (χ4v) is 2.80. The first-order valence-electron chi connectivity index (χ1n) is 5.71. The first-order valence-corrected chi connectivity index (χ1v) is 5.71. The number of hydrogen-bond donors (Lipinski definition) is 2. The van der Waals surface area contributed by atoms with E-state index < -0.39 is 0 Å². The Kier molecular flexibility index (Phi) is 2.61. The summed E-state index contributed by atoms with van der Waals surface area (Å²) in [6.45, 7) is 0. The Labute approximate surface area is 81.3 Å². The van der Waals surface area contributed by atoms with Crippen molar-refractivity contribution in [3.63, 3.8) is 0 Å². The van der Waals surface area contributed by atoms with Gasteiger partial charge in [-0.3, -0.25) is 0 Å². The predicted molar refractivity (Wildman–Crippen MR) is 55.6 cm³/mol. The van der Waals surface area contributed by atoms with Crippen LogP contribution < -0.4 is 11.1 Å². The highest BCUT2D eigenvalue weighted by Gasteiger charge is 2.40. The van der Waals surface area contributed by atoms with Crippen molar-refractivity contribution in [1.29, 1.82) is 0 Å². The number of likely N-dealkylation sites (N-methyl/N-ethyl adjacent to an activating group) is 1. The molecule has 0 aliphatic heterocycles. The second-order valence-electron chi connectivity index (χ2n) is 4.97. The minimum atomic E-state index is 0.119. The molecule has 0 aromatic heterocycles. The van der Waals surface area contributed by atoms with Crippen molar-refractivity contribution >= 4 is 0 Å². The van der Waals surface area contributed by atoms with Gasteiger partial charge in [0.05, 0.1) is 0 Å². The zero-order chi connectivity index (χ0) is 9.31. The maximum absolute atomic E-state index is 6.49. The molecule has 2 fully saturated rings. The minimum Gasteiger partial charge on any atom is -0.324 e. The highest BCUT2D eigenvalue weighted by molar-refractivity contribution is 5.01. The summed E-state index contributed by atoms with van der Waals surface area (Å²) in [5.74, 6) is 0.957. The van der Waals surface area contributed by atoms with Gasteiger partial charge in [0, 0.05) is 11.6 Å². The Bertz CT molecular complexity index is 177. The first kappa shape index (κ1) is 9.47. The van der Waals surface area contributed by atoms with Gasteiger partial charge in [0.2, 0.25) is 0 Å². The molecule has 2 nitrogen and oxygen atoms in total. The molecule has 0 aromatic carbocycles. The molecule has 0 bridgehead atoms. The molecule has 0 radical (unpaired) electrons. The van der Waals surface area contributed by atoms with Gasteiger partial charge in [-0.25, -0.2) is 0 Å². The molecule has 0 heterocycles. The molecular weight excluding hydrogens is 160 g/mol. The van der Waals surface area contributed by atoms with E-state index in [1.807, 2.05) is 0 Å². The van der Waals surface area contributed by atoms with Crippen LogP contribution in [0.1, 0.15) is 44.9 Å². The predicted octanol–water partition coefficient (Wildman–Crippen LogP) is 1.65. The van der Waals surface area contributed by atoms with Crippen LogP contribution >= 0.6 is 0 Å². The van der Waals surface area contributed by atoms with E-state index in [1.54, 1.807) is 0 Å². The quantitative estimate of drug-likeness (QED) is 0.696.